The molecule has 358 valence electrons. The summed E-state index contributed by atoms with van der Waals surface area (Å²) in [6.07, 6.45) is 7.01. The van der Waals surface area contributed by atoms with Crippen LogP contribution in [0.3, 0.4) is 0 Å². The Labute approximate surface area is 420 Å². The van der Waals surface area contributed by atoms with E-state index < -0.39 is 0 Å². The van der Waals surface area contributed by atoms with Crippen LogP contribution in [0.2, 0.25) is 0 Å². The molecule has 4 heteroatoms. The molecule has 3 heterocycles. The lowest BCUT2D eigenvalue weighted by Crippen LogP contribution is -2.61. The maximum atomic E-state index is 7.56. The van der Waals surface area contributed by atoms with Crippen molar-refractivity contribution in [3.05, 3.63) is 148 Å². The van der Waals surface area contributed by atoms with Crippen LogP contribution < -0.4 is 26.4 Å². The molecule has 0 bridgehead atoms. The van der Waals surface area contributed by atoms with Crippen LogP contribution >= 0.6 is 0 Å². The van der Waals surface area contributed by atoms with E-state index in [-0.39, 0.29) is 44.6 Å². The minimum absolute atomic E-state index is 0.0230. The lowest BCUT2D eigenvalue weighted by Gasteiger charge is -2.47. The zero-order valence-electron chi connectivity index (χ0n) is 45.0. The van der Waals surface area contributed by atoms with Gasteiger partial charge in [-0.05, 0) is 192 Å². The predicted molar refractivity (Wildman–Crippen MR) is 300 cm³/mol. The molecule has 6 aromatic carbocycles. The zero-order chi connectivity index (χ0) is 49.5. The molecule has 70 heavy (non-hydrogen) atoms. The average Bonchev–Trinajstić information content (AvgIpc) is 3.69. The fourth-order valence-electron chi connectivity index (χ4n) is 13.8. The Morgan fingerprint density at radius 3 is 1.44 bits per heavy atom. The second-order valence-electron chi connectivity index (χ2n) is 27.4. The first-order valence-corrected chi connectivity index (χ1v) is 26.7. The van der Waals surface area contributed by atoms with Gasteiger partial charge in [0.05, 0.1) is 11.3 Å². The van der Waals surface area contributed by atoms with Gasteiger partial charge < -0.3 is 14.2 Å². The van der Waals surface area contributed by atoms with E-state index >= 15 is 0 Å². The summed E-state index contributed by atoms with van der Waals surface area (Å²) in [6, 6.07) is 43.5. The smallest absolute Gasteiger partial charge is 0.297 e. The zero-order valence-corrected chi connectivity index (χ0v) is 45.0. The normalized spacial score (nSPS) is 20.5. The third-order valence-corrected chi connectivity index (χ3v) is 18.8. The Bertz CT molecular complexity index is 3330. The molecule has 0 saturated heterocycles. The van der Waals surface area contributed by atoms with Gasteiger partial charge in [-0.3, -0.25) is 0 Å². The predicted octanol–water partition coefficient (Wildman–Crippen LogP) is 16.5. The average molecular weight is 923 g/mol. The quantitative estimate of drug-likeness (QED) is 0.165. The minimum Gasteiger partial charge on any atom is -0.468 e. The van der Waals surface area contributed by atoms with Crippen LogP contribution in [0.4, 0.5) is 34.1 Å². The molecule has 3 aliphatic carbocycles. The Kier molecular flexibility index (Phi) is 9.51. The van der Waals surface area contributed by atoms with Crippen molar-refractivity contribution in [3.63, 3.8) is 0 Å². The van der Waals surface area contributed by atoms with Crippen molar-refractivity contribution in [3.8, 4) is 11.1 Å². The first kappa shape index (κ1) is 45.6. The lowest BCUT2D eigenvalue weighted by molar-refractivity contribution is 0.332. The van der Waals surface area contributed by atoms with Gasteiger partial charge in [0.2, 0.25) is 0 Å². The van der Waals surface area contributed by atoms with Crippen molar-refractivity contribution < 1.29 is 4.42 Å². The van der Waals surface area contributed by atoms with Crippen LogP contribution in [0, 0.1) is 0 Å². The van der Waals surface area contributed by atoms with Crippen molar-refractivity contribution in [2.75, 3.05) is 9.80 Å². The highest BCUT2D eigenvalue weighted by atomic mass is 16.3. The van der Waals surface area contributed by atoms with Gasteiger partial charge in [0.1, 0.15) is 5.58 Å². The number of nitrogens with zero attached hydrogens (tertiary/aromatic N) is 2. The Morgan fingerprint density at radius 2 is 0.914 bits per heavy atom. The van der Waals surface area contributed by atoms with Crippen LogP contribution in [-0.2, 0) is 37.9 Å². The second kappa shape index (κ2) is 14.6. The van der Waals surface area contributed by atoms with Gasteiger partial charge in [-0.25, -0.2) is 0 Å². The van der Waals surface area contributed by atoms with Crippen LogP contribution in [-0.4, -0.2) is 6.71 Å². The summed E-state index contributed by atoms with van der Waals surface area (Å²) < 4.78 is 7.56. The first-order valence-electron chi connectivity index (χ1n) is 26.7. The number of benzene rings is 6. The van der Waals surface area contributed by atoms with Crippen LogP contribution in [0.1, 0.15) is 181 Å². The summed E-state index contributed by atoms with van der Waals surface area (Å²) in [5.74, 6) is 0. The first-order chi connectivity index (χ1) is 32.8. The van der Waals surface area contributed by atoms with Gasteiger partial charge in [-0.1, -0.05) is 158 Å². The minimum atomic E-state index is -0.134. The van der Waals surface area contributed by atoms with Crippen LogP contribution in [0.25, 0.3) is 22.1 Å². The van der Waals surface area contributed by atoms with Gasteiger partial charge in [0, 0.05) is 33.8 Å². The van der Waals surface area contributed by atoms with E-state index in [1.54, 1.807) is 0 Å². The van der Waals surface area contributed by atoms with Crippen molar-refractivity contribution in [1.29, 1.82) is 0 Å². The molecule has 0 saturated carbocycles. The Balaban J connectivity index is 1.24. The molecule has 0 spiro atoms. The molecule has 5 aliphatic rings. The highest BCUT2D eigenvalue weighted by molar-refractivity contribution is 7.00. The molecule has 3 nitrogen and oxygen atoms in total. The van der Waals surface area contributed by atoms with Gasteiger partial charge in [0.25, 0.3) is 6.71 Å². The topological polar surface area (TPSA) is 19.6 Å². The standard InChI is InChI=1S/C66H75BN2O/c1-60(2,3)42-21-26-56-45(35-42)58-59(70-56)67-52-38-50-51(66(14,15)32-31-65(50,12)13)39-53(52)68(43-22-24-46-48(36-43)63(8,9)29-27-61(46,4)5)54-33-41(40-19-17-16-18-20-40)34-55(57(54)67)69(58)44-23-25-47-49(37-44)64(10,11)30-28-62(47,6)7/h16-26,33-39H,27-32H2,1-15H3. The van der Waals surface area contributed by atoms with E-state index in [9.17, 15) is 0 Å². The summed E-state index contributed by atoms with van der Waals surface area (Å²) in [4.78, 5) is 5.33. The summed E-state index contributed by atoms with van der Waals surface area (Å²) >= 11 is 0. The monoisotopic (exact) mass is 923 g/mol. The SMILES string of the molecule is CC(C)(C)c1ccc2oc3c(c2c1)N(c1ccc2c(c1)C(C)(C)CCC2(C)C)c1cc(-c2ccccc2)cc2c1B3c1cc3c(cc1N2c1ccc2c(c1)C(C)(C)CCC2(C)C)C(C)(C)CCC3(C)C. The second-order valence-corrected chi connectivity index (χ2v) is 27.4. The van der Waals surface area contributed by atoms with Crippen molar-refractivity contribution >= 4 is 68.4 Å². The Morgan fingerprint density at radius 1 is 0.443 bits per heavy atom. The Hall–Kier alpha value is -5.48. The fourth-order valence-corrected chi connectivity index (χ4v) is 13.8. The number of furan rings is 1. The molecule has 1 aromatic heterocycles. The molecule has 0 amide bonds. The van der Waals surface area contributed by atoms with Crippen molar-refractivity contribution in [2.45, 2.75) is 180 Å². The lowest BCUT2D eigenvalue weighted by atomic mass is 9.35. The van der Waals surface area contributed by atoms with E-state index in [0.29, 0.717) is 0 Å². The van der Waals surface area contributed by atoms with Gasteiger partial charge in [-0.2, -0.15) is 0 Å². The molecule has 0 atom stereocenters. The highest BCUT2D eigenvalue weighted by Crippen LogP contribution is 2.55. The van der Waals surface area contributed by atoms with Crippen molar-refractivity contribution in [2.24, 2.45) is 0 Å². The van der Waals surface area contributed by atoms with E-state index in [2.05, 4.69) is 223 Å². The molecule has 12 rings (SSSR count). The third-order valence-electron chi connectivity index (χ3n) is 18.8. The number of anilines is 6. The molecule has 7 aromatic rings. The van der Waals surface area contributed by atoms with E-state index in [1.807, 2.05) is 0 Å². The van der Waals surface area contributed by atoms with Gasteiger partial charge in [-0.15, -0.1) is 0 Å². The molecular formula is C66H75BN2O. The maximum Gasteiger partial charge on any atom is 0.297 e. The molecule has 2 aliphatic heterocycles. The molecule has 0 N–H and O–H groups in total. The van der Waals surface area contributed by atoms with E-state index in [0.717, 1.165) is 30.5 Å². The van der Waals surface area contributed by atoms with E-state index in [1.165, 1.54) is 120 Å². The summed E-state index contributed by atoms with van der Waals surface area (Å²) in [5.41, 5.74) is 24.9. The number of hydrogen-bond donors (Lipinski definition) is 0. The summed E-state index contributed by atoms with van der Waals surface area (Å²) in [5, 5.41) is 1.18. The summed E-state index contributed by atoms with van der Waals surface area (Å²) in [7, 11) is 0. The largest absolute Gasteiger partial charge is 0.468 e. The highest BCUT2D eigenvalue weighted by Gasteiger charge is 2.50. The molecule has 0 fully saturated rings. The molecular weight excluding hydrogens is 848 g/mol. The number of rotatable bonds is 3. The number of hydrogen-bond acceptors (Lipinski definition) is 3. The van der Waals surface area contributed by atoms with Crippen molar-refractivity contribution in [1.82, 2.24) is 0 Å². The van der Waals surface area contributed by atoms with Gasteiger partial charge >= 0.3 is 0 Å². The fraction of sp³-hybridized carbons (Fsp3) is 0.424. The van der Waals surface area contributed by atoms with E-state index in [4.69, 9.17) is 4.42 Å². The maximum absolute atomic E-state index is 7.56. The van der Waals surface area contributed by atoms with Crippen LogP contribution in [0.5, 0.6) is 0 Å². The number of fused-ring (bicyclic) bond motifs is 9. The van der Waals surface area contributed by atoms with Crippen LogP contribution in [0.15, 0.2) is 114 Å². The molecule has 0 unspecified atom stereocenters. The molecule has 0 radical (unpaired) electrons. The van der Waals surface area contributed by atoms with Gasteiger partial charge in [0.15, 0.2) is 0 Å². The third kappa shape index (κ3) is 6.66. The summed E-state index contributed by atoms with van der Waals surface area (Å²) in [6.45, 7) is 36.4.